The summed E-state index contributed by atoms with van der Waals surface area (Å²) >= 11 is 0. The smallest absolute Gasteiger partial charge is 0.352 e. The fourth-order valence-corrected chi connectivity index (χ4v) is 0.625. The van der Waals surface area contributed by atoms with Crippen LogP contribution in [0.4, 0.5) is 0 Å². The van der Waals surface area contributed by atoms with Gasteiger partial charge in [0, 0.05) is 12.4 Å². The highest BCUT2D eigenvalue weighted by Crippen LogP contribution is 2.00. The lowest BCUT2D eigenvalue weighted by Gasteiger charge is -1.98. The molecule has 0 aliphatic heterocycles. The summed E-state index contributed by atoms with van der Waals surface area (Å²) in [5, 5.41) is 8.43. The summed E-state index contributed by atoms with van der Waals surface area (Å²) < 4.78 is 1.45. The number of carboxylic acids is 1. The van der Waals surface area contributed by atoms with Crippen molar-refractivity contribution in [2.45, 2.75) is 0 Å². The van der Waals surface area contributed by atoms with Gasteiger partial charge in [0.25, 0.3) is 0 Å². The minimum atomic E-state index is -1.00. The van der Waals surface area contributed by atoms with Gasteiger partial charge in [-0.05, 0) is 12.1 Å². The molecule has 10 heavy (non-hydrogen) atoms. The lowest BCUT2D eigenvalue weighted by Crippen LogP contribution is -2.03. The van der Waals surface area contributed by atoms with E-state index in [-0.39, 0.29) is 5.70 Å². The van der Waals surface area contributed by atoms with Crippen LogP contribution < -0.4 is 0 Å². The van der Waals surface area contributed by atoms with Crippen molar-refractivity contribution in [3.8, 4) is 0 Å². The summed E-state index contributed by atoms with van der Waals surface area (Å²) in [7, 11) is 0. The molecular weight excluding hydrogens is 130 g/mol. The molecule has 3 nitrogen and oxygen atoms in total. The van der Waals surface area contributed by atoms with Gasteiger partial charge in [-0.1, -0.05) is 6.58 Å². The Bertz CT molecular complexity index is 249. The number of hydrogen-bond donors (Lipinski definition) is 1. The van der Waals surface area contributed by atoms with E-state index in [2.05, 4.69) is 6.58 Å². The molecule has 0 amide bonds. The van der Waals surface area contributed by atoms with Gasteiger partial charge < -0.3 is 9.67 Å². The first-order valence-corrected chi connectivity index (χ1v) is 2.77. The Kier molecular flexibility index (Phi) is 1.58. The number of hydrogen-bond acceptors (Lipinski definition) is 1. The van der Waals surface area contributed by atoms with E-state index in [1.54, 1.807) is 24.5 Å². The molecule has 1 aromatic heterocycles. The van der Waals surface area contributed by atoms with E-state index >= 15 is 0 Å². The van der Waals surface area contributed by atoms with E-state index < -0.39 is 5.97 Å². The maximum atomic E-state index is 10.3. The van der Waals surface area contributed by atoms with Crippen LogP contribution in [-0.4, -0.2) is 15.6 Å². The second-order valence-corrected chi connectivity index (χ2v) is 1.84. The second-order valence-electron chi connectivity index (χ2n) is 1.84. The zero-order chi connectivity index (χ0) is 7.56. The van der Waals surface area contributed by atoms with Crippen molar-refractivity contribution in [3.63, 3.8) is 0 Å². The van der Waals surface area contributed by atoms with E-state index in [1.165, 1.54) is 4.57 Å². The molecule has 0 aliphatic carbocycles. The van der Waals surface area contributed by atoms with Gasteiger partial charge in [0.05, 0.1) is 0 Å². The molecule has 52 valence electrons. The Morgan fingerprint density at radius 2 is 1.90 bits per heavy atom. The number of aromatic nitrogens is 1. The monoisotopic (exact) mass is 137 g/mol. The molecule has 0 aromatic carbocycles. The molecule has 1 N–H and O–H groups in total. The summed E-state index contributed by atoms with van der Waals surface area (Å²) in [6, 6.07) is 3.49. The predicted molar refractivity (Wildman–Crippen MR) is 37.4 cm³/mol. The molecule has 0 unspecified atom stereocenters. The normalized spacial score (nSPS) is 9.20. The van der Waals surface area contributed by atoms with Crippen molar-refractivity contribution in [1.29, 1.82) is 0 Å². The lowest BCUT2D eigenvalue weighted by atomic mass is 10.5. The van der Waals surface area contributed by atoms with Gasteiger partial charge in [-0.2, -0.15) is 0 Å². The van der Waals surface area contributed by atoms with Crippen LogP contribution >= 0.6 is 0 Å². The van der Waals surface area contributed by atoms with Crippen LogP contribution in [0.5, 0.6) is 0 Å². The molecule has 0 atom stereocenters. The number of carbonyl (C=O) groups is 1. The molecule has 3 heteroatoms. The summed E-state index contributed by atoms with van der Waals surface area (Å²) in [5.41, 5.74) is 0.0602. The zero-order valence-corrected chi connectivity index (χ0v) is 5.32. The van der Waals surface area contributed by atoms with Gasteiger partial charge in [0.1, 0.15) is 5.70 Å². The van der Waals surface area contributed by atoms with E-state index in [4.69, 9.17) is 5.11 Å². The number of rotatable bonds is 2. The molecule has 0 radical (unpaired) electrons. The highest BCUT2D eigenvalue weighted by atomic mass is 16.4. The quantitative estimate of drug-likeness (QED) is 0.619. The maximum Gasteiger partial charge on any atom is 0.352 e. The molecular formula is C7H7NO2. The Labute approximate surface area is 58.2 Å². The Balaban J connectivity index is 2.88. The minimum Gasteiger partial charge on any atom is -0.477 e. The first-order valence-electron chi connectivity index (χ1n) is 2.77. The molecule has 0 bridgehead atoms. The van der Waals surface area contributed by atoms with Crippen molar-refractivity contribution >= 4 is 11.7 Å². The minimum absolute atomic E-state index is 0.0602. The number of carboxylic acid groups (broad SMARTS) is 1. The Hall–Kier alpha value is -1.51. The maximum absolute atomic E-state index is 10.3. The van der Waals surface area contributed by atoms with Crippen LogP contribution in [0, 0.1) is 0 Å². The molecule has 1 rings (SSSR count). The van der Waals surface area contributed by atoms with Gasteiger partial charge in [0.15, 0.2) is 0 Å². The van der Waals surface area contributed by atoms with Crippen LogP contribution in [0.1, 0.15) is 0 Å². The van der Waals surface area contributed by atoms with Crippen LogP contribution in [0.3, 0.4) is 0 Å². The molecule has 0 aliphatic rings. The first kappa shape index (κ1) is 6.61. The van der Waals surface area contributed by atoms with Gasteiger partial charge in [-0.25, -0.2) is 4.79 Å². The average molecular weight is 137 g/mol. The van der Waals surface area contributed by atoms with E-state index in [9.17, 15) is 4.79 Å². The van der Waals surface area contributed by atoms with Gasteiger partial charge in [-0.3, -0.25) is 0 Å². The summed E-state index contributed by atoms with van der Waals surface area (Å²) in [6.07, 6.45) is 3.27. The number of nitrogens with zero attached hydrogens (tertiary/aromatic N) is 1. The fraction of sp³-hybridized carbons (Fsp3) is 0. The van der Waals surface area contributed by atoms with Crippen molar-refractivity contribution in [2.24, 2.45) is 0 Å². The van der Waals surface area contributed by atoms with Crippen molar-refractivity contribution in [1.82, 2.24) is 4.57 Å². The van der Waals surface area contributed by atoms with Crippen molar-refractivity contribution in [2.75, 3.05) is 0 Å². The third-order valence-electron chi connectivity index (χ3n) is 1.16. The van der Waals surface area contributed by atoms with E-state index in [0.717, 1.165) is 0 Å². The summed E-state index contributed by atoms with van der Waals surface area (Å²) in [6.45, 7) is 3.36. The van der Waals surface area contributed by atoms with Gasteiger partial charge >= 0.3 is 5.97 Å². The Morgan fingerprint density at radius 3 is 2.30 bits per heavy atom. The van der Waals surface area contributed by atoms with Crippen LogP contribution in [0.25, 0.3) is 5.70 Å². The van der Waals surface area contributed by atoms with Crippen LogP contribution in [-0.2, 0) is 4.79 Å². The topological polar surface area (TPSA) is 42.2 Å². The highest BCUT2D eigenvalue weighted by Gasteiger charge is 2.02. The summed E-state index contributed by atoms with van der Waals surface area (Å²) in [5.74, 6) is -1.00. The lowest BCUT2D eigenvalue weighted by molar-refractivity contribution is -0.130. The summed E-state index contributed by atoms with van der Waals surface area (Å²) in [4.78, 5) is 10.3. The van der Waals surface area contributed by atoms with Crippen LogP contribution in [0.2, 0.25) is 0 Å². The van der Waals surface area contributed by atoms with Gasteiger partial charge in [0.2, 0.25) is 0 Å². The predicted octanol–water partition coefficient (Wildman–Crippen LogP) is 1.04. The van der Waals surface area contributed by atoms with E-state index in [0.29, 0.717) is 0 Å². The average Bonchev–Trinajstić information content (AvgIpc) is 2.36. The largest absolute Gasteiger partial charge is 0.477 e. The third kappa shape index (κ3) is 1.07. The fourth-order valence-electron chi connectivity index (χ4n) is 0.625. The molecule has 0 saturated carbocycles. The van der Waals surface area contributed by atoms with Crippen molar-refractivity contribution < 1.29 is 9.90 Å². The zero-order valence-electron chi connectivity index (χ0n) is 5.32. The molecule has 1 heterocycles. The standard InChI is InChI=1S/C7H7NO2/c1-6(7(9)10)8-4-2-3-5-8/h2-5H,1H2,(H,9,10). The number of aliphatic carboxylic acids is 1. The second kappa shape index (κ2) is 2.39. The van der Waals surface area contributed by atoms with Crippen molar-refractivity contribution in [3.05, 3.63) is 31.1 Å². The SMILES string of the molecule is C=C(C(=O)O)n1cccc1. The first-order chi connectivity index (χ1) is 4.72. The third-order valence-corrected chi connectivity index (χ3v) is 1.16. The Morgan fingerprint density at radius 1 is 1.40 bits per heavy atom. The van der Waals surface area contributed by atoms with Gasteiger partial charge in [-0.15, -0.1) is 0 Å². The molecule has 0 fully saturated rings. The molecule has 0 spiro atoms. The molecule has 0 saturated heterocycles. The van der Waals surface area contributed by atoms with Crippen LogP contribution in [0.15, 0.2) is 31.1 Å². The molecule has 1 aromatic rings. The van der Waals surface area contributed by atoms with E-state index in [1.807, 2.05) is 0 Å². The highest BCUT2D eigenvalue weighted by molar-refractivity contribution is 6.07.